The summed E-state index contributed by atoms with van der Waals surface area (Å²) in [6, 6.07) is 8.50. The Hall–Kier alpha value is -2.73. The Morgan fingerprint density at radius 3 is 2.71 bits per heavy atom. The summed E-state index contributed by atoms with van der Waals surface area (Å²) in [4.78, 5) is 27.4. The summed E-state index contributed by atoms with van der Waals surface area (Å²) < 4.78 is 0. The fourth-order valence-corrected chi connectivity index (χ4v) is 4.05. The molecule has 0 radical (unpaired) electrons. The Morgan fingerprint density at radius 1 is 1.21 bits per heavy atom. The number of benzene rings is 1. The molecule has 0 amide bonds. The van der Waals surface area contributed by atoms with Gasteiger partial charge < -0.3 is 14.8 Å². The number of piperidine rings is 1. The molecule has 1 aliphatic heterocycles. The Morgan fingerprint density at radius 2 is 1.96 bits per heavy atom. The van der Waals surface area contributed by atoms with Crippen molar-refractivity contribution >= 4 is 23.1 Å². The summed E-state index contributed by atoms with van der Waals surface area (Å²) in [5.74, 6) is 1.44. The monoisotopic (exact) mass is 377 g/mol. The van der Waals surface area contributed by atoms with Gasteiger partial charge in [0.25, 0.3) is 0 Å². The lowest BCUT2D eigenvalue weighted by molar-refractivity contribution is 0.112. The van der Waals surface area contributed by atoms with E-state index in [1.165, 1.54) is 16.5 Å². The highest BCUT2D eigenvalue weighted by Gasteiger charge is 2.22. The summed E-state index contributed by atoms with van der Waals surface area (Å²) >= 11 is 0. The Bertz CT molecular complexity index is 912. The molecule has 2 aromatic heterocycles. The van der Waals surface area contributed by atoms with E-state index in [2.05, 4.69) is 62.3 Å². The van der Waals surface area contributed by atoms with E-state index in [9.17, 15) is 4.79 Å². The number of aldehydes is 1. The molecule has 28 heavy (non-hydrogen) atoms. The molecule has 4 rings (SSSR count). The number of carbonyl (C=O) groups is 1. The molecular formula is C22H27N5O. The van der Waals surface area contributed by atoms with Crippen LogP contribution in [0.4, 0.5) is 5.95 Å². The number of nitrogens with one attached hydrogen (secondary N) is 1. The molecule has 6 nitrogen and oxygen atoms in total. The fraction of sp³-hybridized carbons (Fsp3) is 0.409. The average molecular weight is 377 g/mol. The van der Waals surface area contributed by atoms with Crippen LogP contribution in [0.2, 0.25) is 0 Å². The van der Waals surface area contributed by atoms with Crippen LogP contribution in [0.25, 0.3) is 10.9 Å². The number of carbonyl (C=O) groups excluding carboxylic acids is 1. The summed E-state index contributed by atoms with van der Waals surface area (Å²) in [7, 11) is 2.22. The number of para-hydroxylation sites is 1. The third-order valence-corrected chi connectivity index (χ3v) is 5.70. The molecule has 0 atom stereocenters. The minimum Gasteiger partial charge on any atom is -0.361 e. The van der Waals surface area contributed by atoms with Gasteiger partial charge in [-0.1, -0.05) is 18.2 Å². The van der Waals surface area contributed by atoms with Crippen molar-refractivity contribution in [3.8, 4) is 0 Å². The molecular weight excluding hydrogens is 350 g/mol. The first kappa shape index (κ1) is 18.6. The smallest absolute Gasteiger partial charge is 0.225 e. The number of likely N-dealkylation sites (N-methyl/N-ethyl adjacent to an activating group) is 1. The number of aromatic amines is 1. The first-order valence-corrected chi connectivity index (χ1v) is 9.98. The van der Waals surface area contributed by atoms with Gasteiger partial charge in [-0.05, 0) is 43.9 Å². The normalized spacial score (nSPS) is 15.4. The number of anilines is 1. The highest BCUT2D eigenvalue weighted by Crippen LogP contribution is 2.22. The lowest BCUT2D eigenvalue weighted by atomic mass is 9.96. The van der Waals surface area contributed by atoms with Crippen molar-refractivity contribution in [1.29, 1.82) is 0 Å². The lowest BCUT2D eigenvalue weighted by Crippen LogP contribution is -2.39. The van der Waals surface area contributed by atoms with Gasteiger partial charge in [-0.2, -0.15) is 0 Å². The predicted molar refractivity (Wildman–Crippen MR) is 112 cm³/mol. The Labute approximate surface area is 165 Å². The standard InChI is InChI=1S/C22H27N5O/c1-26(9-8-19-14-23-21-5-3-2-4-20(19)21)15-17-6-10-27(11-7-17)22-24-12-18(16-28)13-25-22/h2-5,12-14,16-17,23H,6-11,15H2,1H3. The number of aromatic nitrogens is 3. The molecule has 3 heterocycles. The number of fused-ring (bicyclic) bond motifs is 1. The maximum Gasteiger partial charge on any atom is 0.225 e. The van der Waals surface area contributed by atoms with Gasteiger partial charge in [-0.15, -0.1) is 0 Å². The van der Waals surface area contributed by atoms with Crippen LogP contribution in [-0.2, 0) is 6.42 Å². The van der Waals surface area contributed by atoms with Crippen LogP contribution in [0.5, 0.6) is 0 Å². The van der Waals surface area contributed by atoms with Crippen LogP contribution >= 0.6 is 0 Å². The van der Waals surface area contributed by atoms with E-state index in [4.69, 9.17) is 0 Å². The number of hydrogen-bond acceptors (Lipinski definition) is 5. The molecule has 3 aromatic rings. The topological polar surface area (TPSA) is 65.1 Å². The third kappa shape index (κ3) is 4.22. The van der Waals surface area contributed by atoms with E-state index in [1.54, 1.807) is 12.4 Å². The van der Waals surface area contributed by atoms with Crippen molar-refractivity contribution in [2.75, 3.05) is 38.1 Å². The number of nitrogens with zero attached hydrogens (tertiary/aromatic N) is 4. The highest BCUT2D eigenvalue weighted by atomic mass is 16.1. The molecule has 0 saturated carbocycles. The summed E-state index contributed by atoms with van der Waals surface area (Å²) in [6.07, 6.45) is 9.48. The van der Waals surface area contributed by atoms with Crippen molar-refractivity contribution in [2.24, 2.45) is 5.92 Å². The second-order valence-electron chi connectivity index (χ2n) is 7.74. The highest BCUT2D eigenvalue weighted by molar-refractivity contribution is 5.83. The molecule has 1 N–H and O–H groups in total. The van der Waals surface area contributed by atoms with Crippen LogP contribution in [0.3, 0.4) is 0 Å². The number of rotatable bonds is 7. The SMILES string of the molecule is CN(CCc1c[nH]c2ccccc12)CC1CCN(c2ncc(C=O)cn2)CC1. The van der Waals surface area contributed by atoms with E-state index < -0.39 is 0 Å². The zero-order chi connectivity index (χ0) is 19.3. The van der Waals surface area contributed by atoms with Gasteiger partial charge >= 0.3 is 0 Å². The number of hydrogen-bond donors (Lipinski definition) is 1. The van der Waals surface area contributed by atoms with Gasteiger partial charge in [0.15, 0.2) is 6.29 Å². The molecule has 0 bridgehead atoms. The van der Waals surface area contributed by atoms with Gasteiger partial charge in [0.05, 0.1) is 5.56 Å². The average Bonchev–Trinajstić information content (AvgIpc) is 3.16. The molecule has 0 aliphatic carbocycles. The molecule has 1 aromatic carbocycles. The molecule has 146 valence electrons. The first-order chi connectivity index (χ1) is 13.7. The van der Waals surface area contributed by atoms with Crippen molar-refractivity contribution < 1.29 is 4.79 Å². The Kier molecular flexibility index (Phi) is 5.67. The van der Waals surface area contributed by atoms with Crippen LogP contribution in [0.1, 0.15) is 28.8 Å². The maximum absolute atomic E-state index is 10.7. The lowest BCUT2D eigenvalue weighted by Gasteiger charge is -2.33. The first-order valence-electron chi connectivity index (χ1n) is 9.98. The number of H-pyrrole nitrogens is 1. The summed E-state index contributed by atoms with van der Waals surface area (Å²) in [5, 5.41) is 1.34. The van der Waals surface area contributed by atoms with E-state index in [0.717, 1.165) is 57.7 Å². The Balaban J connectivity index is 1.24. The van der Waals surface area contributed by atoms with Crippen molar-refractivity contribution in [1.82, 2.24) is 19.9 Å². The van der Waals surface area contributed by atoms with Gasteiger partial charge in [0, 0.05) is 55.7 Å². The van der Waals surface area contributed by atoms with Gasteiger partial charge in [-0.25, -0.2) is 9.97 Å². The van der Waals surface area contributed by atoms with E-state index in [-0.39, 0.29) is 0 Å². The van der Waals surface area contributed by atoms with Crippen molar-refractivity contribution in [2.45, 2.75) is 19.3 Å². The summed E-state index contributed by atoms with van der Waals surface area (Å²) in [6.45, 7) is 4.14. The minimum absolute atomic E-state index is 0.524. The fourth-order valence-electron chi connectivity index (χ4n) is 4.05. The zero-order valence-electron chi connectivity index (χ0n) is 16.3. The molecule has 1 saturated heterocycles. The van der Waals surface area contributed by atoms with Crippen molar-refractivity contribution in [3.05, 3.63) is 54.0 Å². The largest absolute Gasteiger partial charge is 0.361 e. The van der Waals surface area contributed by atoms with Gasteiger partial charge in [-0.3, -0.25) is 4.79 Å². The van der Waals surface area contributed by atoms with Crippen LogP contribution in [-0.4, -0.2) is 59.4 Å². The molecule has 1 aliphatic rings. The molecule has 0 spiro atoms. The quantitative estimate of drug-likeness (QED) is 0.641. The second kappa shape index (κ2) is 8.52. The zero-order valence-corrected chi connectivity index (χ0v) is 16.3. The second-order valence-corrected chi connectivity index (χ2v) is 7.74. The molecule has 0 unspecified atom stereocenters. The van der Waals surface area contributed by atoms with E-state index in [0.29, 0.717) is 11.5 Å². The van der Waals surface area contributed by atoms with E-state index >= 15 is 0 Å². The van der Waals surface area contributed by atoms with Crippen LogP contribution in [0, 0.1) is 5.92 Å². The third-order valence-electron chi connectivity index (χ3n) is 5.70. The van der Waals surface area contributed by atoms with Crippen molar-refractivity contribution in [3.63, 3.8) is 0 Å². The van der Waals surface area contributed by atoms with Gasteiger partial charge in [0.1, 0.15) is 0 Å². The molecule has 6 heteroatoms. The predicted octanol–water partition coefficient (Wildman–Crippen LogP) is 3.16. The van der Waals surface area contributed by atoms with E-state index in [1.807, 2.05) is 0 Å². The van der Waals surface area contributed by atoms with Gasteiger partial charge in [0.2, 0.25) is 5.95 Å². The summed E-state index contributed by atoms with van der Waals surface area (Å²) in [5.41, 5.74) is 3.14. The van der Waals surface area contributed by atoms with Crippen LogP contribution in [0.15, 0.2) is 42.9 Å². The minimum atomic E-state index is 0.524. The molecule has 1 fully saturated rings. The van der Waals surface area contributed by atoms with Crippen LogP contribution < -0.4 is 4.90 Å². The maximum atomic E-state index is 10.7.